The average molecular weight is 455 g/mol. The molecule has 0 radical (unpaired) electrons. The molecule has 0 bridgehead atoms. The van der Waals surface area contributed by atoms with Crippen LogP contribution in [0.5, 0.6) is 5.75 Å². The highest BCUT2D eigenvalue weighted by Gasteiger charge is 2.39. The number of hydrogen-bond donors (Lipinski definition) is 1. The number of carbonyl (C=O) groups is 3. The van der Waals surface area contributed by atoms with E-state index in [1.165, 1.54) is 4.88 Å². The van der Waals surface area contributed by atoms with Gasteiger partial charge in [-0.2, -0.15) is 0 Å². The number of rotatable bonds is 5. The van der Waals surface area contributed by atoms with Crippen LogP contribution in [0.1, 0.15) is 50.8 Å². The number of likely N-dealkylation sites (tertiary alicyclic amines) is 1. The number of piperidine rings is 1. The van der Waals surface area contributed by atoms with Gasteiger partial charge in [0.25, 0.3) is 5.91 Å². The number of fused-ring (bicyclic) bond motifs is 1. The predicted octanol–water partition coefficient (Wildman–Crippen LogP) is 2.17. The summed E-state index contributed by atoms with van der Waals surface area (Å²) in [7, 11) is 0. The number of amides is 3. The van der Waals surface area contributed by atoms with Crippen molar-refractivity contribution in [1.82, 2.24) is 20.1 Å². The third kappa shape index (κ3) is 4.02. The molecule has 3 amide bonds. The van der Waals surface area contributed by atoms with Crippen molar-refractivity contribution >= 4 is 29.1 Å². The molecule has 0 spiro atoms. The maximum atomic E-state index is 12.8. The van der Waals surface area contributed by atoms with Crippen LogP contribution >= 0.6 is 11.3 Å². The molecule has 1 unspecified atom stereocenters. The van der Waals surface area contributed by atoms with Crippen LogP contribution in [0.15, 0.2) is 18.2 Å². The Kier molecular flexibility index (Phi) is 5.46. The van der Waals surface area contributed by atoms with Gasteiger partial charge < -0.3 is 9.64 Å². The summed E-state index contributed by atoms with van der Waals surface area (Å²) >= 11 is 1.75. The Labute approximate surface area is 190 Å². The van der Waals surface area contributed by atoms with Crippen LogP contribution in [0.25, 0.3) is 0 Å². The Morgan fingerprint density at radius 1 is 1.22 bits per heavy atom. The molecule has 0 aliphatic carbocycles. The Balaban J connectivity index is 1.22. The van der Waals surface area contributed by atoms with Gasteiger partial charge in [-0.3, -0.25) is 24.6 Å². The van der Waals surface area contributed by atoms with Crippen molar-refractivity contribution in [3.63, 3.8) is 0 Å². The summed E-state index contributed by atoms with van der Waals surface area (Å²) in [5.41, 5.74) is 2.58. The van der Waals surface area contributed by atoms with Gasteiger partial charge >= 0.3 is 0 Å². The van der Waals surface area contributed by atoms with E-state index in [4.69, 9.17) is 4.74 Å². The van der Waals surface area contributed by atoms with E-state index in [0.29, 0.717) is 18.5 Å². The average Bonchev–Trinajstić information content (AvgIpc) is 3.40. The number of imide groups is 1. The maximum Gasteiger partial charge on any atom is 0.255 e. The first kappa shape index (κ1) is 21.1. The second-order valence-corrected chi connectivity index (χ2v) is 10.0. The molecule has 1 aromatic heterocycles. The van der Waals surface area contributed by atoms with Gasteiger partial charge in [-0.1, -0.05) is 0 Å². The summed E-state index contributed by atoms with van der Waals surface area (Å²) in [6.07, 6.45) is 1.68. The first-order valence-electron chi connectivity index (χ1n) is 11.0. The molecule has 1 N–H and O–H groups in total. The SMILES string of the molecule is Cc1nc(C)c(CN2CC[C@@H](Oc3ccc4c(c3)CN(C3CCC(=O)NC3=O)C4=O)C2)s1. The van der Waals surface area contributed by atoms with E-state index >= 15 is 0 Å². The number of carbonyl (C=O) groups excluding carboxylic acids is 3. The second kappa shape index (κ2) is 8.29. The molecule has 2 fully saturated rings. The molecule has 168 valence electrons. The fourth-order valence-corrected chi connectivity index (χ4v) is 5.76. The second-order valence-electron chi connectivity index (χ2n) is 8.72. The molecule has 5 rings (SSSR count). The zero-order chi connectivity index (χ0) is 22.4. The number of aryl methyl sites for hydroxylation is 2. The van der Waals surface area contributed by atoms with Crippen LogP contribution in [0.3, 0.4) is 0 Å². The van der Waals surface area contributed by atoms with Gasteiger partial charge in [0.1, 0.15) is 17.9 Å². The Morgan fingerprint density at radius 2 is 2.06 bits per heavy atom. The lowest BCUT2D eigenvalue weighted by molar-refractivity contribution is -0.136. The lowest BCUT2D eigenvalue weighted by atomic mass is 10.0. The lowest BCUT2D eigenvalue weighted by Gasteiger charge is -2.29. The van der Waals surface area contributed by atoms with E-state index < -0.39 is 11.9 Å². The highest BCUT2D eigenvalue weighted by Crippen LogP contribution is 2.31. The summed E-state index contributed by atoms with van der Waals surface area (Å²) < 4.78 is 6.25. The molecule has 0 saturated carbocycles. The summed E-state index contributed by atoms with van der Waals surface area (Å²) in [6.45, 7) is 7.20. The van der Waals surface area contributed by atoms with Crippen molar-refractivity contribution < 1.29 is 19.1 Å². The van der Waals surface area contributed by atoms with Gasteiger partial charge in [-0.05, 0) is 50.5 Å². The number of benzene rings is 1. The van der Waals surface area contributed by atoms with Crippen molar-refractivity contribution in [3.05, 3.63) is 44.9 Å². The van der Waals surface area contributed by atoms with Gasteiger partial charge in [0, 0.05) is 43.0 Å². The number of thiazole rings is 1. The minimum absolute atomic E-state index is 0.103. The van der Waals surface area contributed by atoms with Gasteiger partial charge in [0.05, 0.1) is 10.7 Å². The standard InChI is InChI=1S/C23H26N4O4S/c1-13-20(32-14(2)24-13)12-26-8-7-17(11-26)31-16-3-4-18-15(9-16)10-27(23(18)30)19-5-6-21(28)25-22(19)29/h3-4,9,17,19H,5-8,10-12H2,1-2H3,(H,25,28,29)/t17-,19?/m1/s1. The van der Waals surface area contributed by atoms with Crippen molar-refractivity contribution in [1.29, 1.82) is 0 Å². The normalized spacial score (nSPS) is 23.6. The van der Waals surface area contributed by atoms with Crippen LogP contribution in [0.2, 0.25) is 0 Å². The molecule has 3 aliphatic rings. The van der Waals surface area contributed by atoms with Gasteiger partial charge in [-0.25, -0.2) is 4.98 Å². The van der Waals surface area contributed by atoms with Crippen LogP contribution in [0, 0.1) is 13.8 Å². The minimum Gasteiger partial charge on any atom is -0.489 e. The van der Waals surface area contributed by atoms with E-state index in [1.54, 1.807) is 22.3 Å². The lowest BCUT2D eigenvalue weighted by Crippen LogP contribution is -2.52. The molecule has 8 nitrogen and oxygen atoms in total. The fourth-order valence-electron chi connectivity index (χ4n) is 4.78. The quantitative estimate of drug-likeness (QED) is 0.697. The molecular weight excluding hydrogens is 428 g/mol. The Hall–Kier alpha value is -2.78. The van der Waals surface area contributed by atoms with Crippen molar-refractivity contribution in [2.75, 3.05) is 13.1 Å². The third-order valence-electron chi connectivity index (χ3n) is 6.39. The fraction of sp³-hybridized carbons (Fsp3) is 0.478. The van der Waals surface area contributed by atoms with E-state index in [2.05, 4.69) is 22.1 Å². The molecule has 32 heavy (non-hydrogen) atoms. The predicted molar refractivity (Wildman–Crippen MR) is 118 cm³/mol. The van der Waals surface area contributed by atoms with E-state index in [1.807, 2.05) is 19.1 Å². The van der Waals surface area contributed by atoms with Crippen molar-refractivity contribution in [2.24, 2.45) is 0 Å². The third-order valence-corrected chi connectivity index (χ3v) is 7.45. The zero-order valence-electron chi connectivity index (χ0n) is 18.2. The smallest absolute Gasteiger partial charge is 0.255 e. The van der Waals surface area contributed by atoms with E-state index in [0.717, 1.165) is 48.1 Å². The largest absolute Gasteiger partial charge is 0.489 e. The summed E-state index contributed by atoms with van der Waals surface area (Å²) in [5.74, 6) is -0.0877. The molecule has 2 saturated heterocycles. The first-order chi connectivity index (χ1) is 15.4. The molecule has 1 aromatic carbocycles. The number of aromatic nitrogens is 1. The highest BCUT2D eigenvalue weighted by molar-refractivity contribution is 7.11. The van der Waals surface area contributed by atoms with Gasteiger partial charge in [-0.15, -0.1) is 11.3 Å². The molecule has 9 heteroatoms. The summed E-state index contributed by atoms with van der Waals surface area (Å²) in [5, 5.41) is 3.44. The number of hydrogen-bond acceptors (Lipinski definition) is 7. The van der Waals surface area contributed by atoms with Crippen LogP contribution in [0.4, 0.5) is 0 Å². The number of nitrogens with one attached hydrogen (secondary N) is 1. The monoisotopic (exact) mass is 454 g/mol. The molecular formula is C23H26N4O4S. The van der Waals surface area contributed by atoms with E-state index in [-0.39, 0.29) is 24.3 Å². The molecule has 4 heterocycles. The van der Waals surface area contributed by atoms with Crippen LogP contribution in [-0.4, -0.2) is 57.7 Å². The minimum atomic E-state index is -0.598. The first-order valence-corrected chi connectivity index (χ1v) is 11.8. The molecule has 3 aliphatic heterocycles. The van der Waals surface area contributed by atoms with Crippen molar-refractivity contribution in [3.8, 4) is 5.75 Å². The highest BCUT2D eigenvalue weighted by atomic mass is 32.1. The molecule has 2 aromatic rings. The molecule has 2 atom stereocenters. The topological polar surface area (TPSA) is 91.8 Å². The zero-order valence-corrected chi connectivity index (χ0v) is 19.0. The summed E-state index contributed by atoms with van der Waals surface area (Å²) in [4.78, 5) is 46.3. The van der Waals surface area contributed by atoms with Gasteiger partial charge in [0.2, 0.25) is 11.8 Å². The Morgan fingerprint density at radius 3 is 2.81 bits per heavy atom. The number of ether oxygens (including phenoxy) is 1. The van der Waals surface area contributed by atoms with E-state index in [9.17, 15) is 14.4 Å². The number of nitrogens with zero attached hydrogens (tertiary/aromatic N) is 3. The van der Waals surface area contributed by atoms with Crippen LogP contribution in [-0.2, 0) is 22.7 Å². The maximum absolute atomic E-state index is 12.8. The Bertz CT molecular complexity index is 1100. The van der Waals surface area contributed by atoms with Crippen LogP contribution < -0.4 is 10.1 Å². The van der Waals surface area contributed by atoms with Crippen molar-refractivity contribution in [2.45, 2.75) is 58.3 Å². The summed E-state index contributed by atoms with van der Waals surface area (Å²) in [6, 6.07) is 4.94. The van der Waals surface area contributed by atoms with Gasteiger partial charge in [0.15, 0.2) is 0 Å².